The summed E-state index contributed by atoms with van der Waals surface area (Å²) in [6.07, 6.45) is 1.64. The molecule has 110 valence electrons. The summed E-state index contributed by atoms with van der Waals surface area (Å²) in [6.45, 7) is 4.75. The van der Waals surface area contributed by atoms with Gasteiger partial charge in [-0.1, -0.05) is 0 Å². The van der Waals surface area contributed by atoms with Gasteiger partial charge in [0, 0.05) is 18.2 Å². The highest BCUT2D eigenvalue weighted by Crippen LogP contribution is 2.25. The molecule has 1 atom stereocenters. The Hall–Kier alpha value is -1.75. The Morgan fingerprint density at radius 2 is 2.25 bits per heavy atom. The molecule has 20 heavy (non-hydrogen) atoms. The van der Waals surface area contributed by atoms with Crippen molar-refractivity contribution < 1.29 is 14.3 Å². The Bertz CT molecular complexity index is 500. The number of benzene rings is 1. The van der Waals surface area contributed by atoms with Crippen LogP contribution < -0.4 is 15.8 Å². The van der Waals surface area contributed by atoms with E-state index in [9.17, 15) is 4.79 Å². The van der Waals surface area contributed by atoms with Crippen LogP contribution in [0.2, 0.25) is 0 Å². The number of nitrogen functional groups attached to an aromatic ring is 1. The zero-order valence-electron chi connectivity index (χ0n) is 12.2. The quantitative estimate of drug-likeness (QED) is 0.829. The fraction of sp³-hybridized carbons (Fsp3) is 0.533. The number of hydrogen-bond donors (Lipinski definition) is 2. The topological polar surface area (TPSA) is 73.6 Å². The highest BCUT2D eigenvalue weighted by Gasteiger charge is 2.29. The number of methoxy groups -OCH3 is 1. The summed E-state index contributed by atoms with van der Waals surface area (Å²) in [7, 11) is 1.54. The second-order valence-corrected chi connectivity index (χ2v) is 5.73. The number of ether oxygens (including phenoxy) is 2. The second-order valence-electron chi connectivity index (χ2n) is 5.73. The average molecular weight is 278 g/mol. The summed E-state index contributed by atoms with van der Waals surface area (Å²) in [5.41, 5.74) is 6.64. The van der Waals surface area contributed by atoms with Crippen molar-refractivity contribution in [2.75, 3.05) is 19.5 Å². The van der Waals surface area contributed by atoms with Crippen molar-refractivity contribution >= 4 is 11.6 Å². The monoisotopic (exact) mass is 278 g/mol. The molecule has 0 spiro atoms. The third-order valence-corrected chi connectivity index (χ3v) is 3.53. The summed E-state index contributed by atoms with van der Waals surface area (Å²) in [5.74, 6) is 0.413. The summed E-state index contributed by atoms with van der Waals surface area (Å²) in [5, 5.41) is 3.05. The van der Waals surface area contributed by atoms with Crippen molar-refractivity contribution in [1.82, 2.24) is 5.32 Å². The molecule has 0 bridgehead atoms. The van der Waals surface area contributed by atoms with E-state index >= 15 is 0 Å². The summed E-state index contributed by atoms with van der Waals surface area (Å²) in [4.78, 5) is 12.3. The molecule has 1 amide bonds. The normalized spacial score (nSPS) is 21.2. The Balaban J connectivity index is 2.05. The highest BCUT2D eigenvalue weighted by molar-refractivity contribution is 5.95. The molecule has 3 N–H and O–H groups in total. The number of nitrogens with one attached hydrogen (secondary N) is 1. The Kier molecular flexibility index (Phi) is 4.18. The molecule has 0 aliphatic carbocycles. The number of nitrogens with two attached hydrogens (primary N) is 1. The Morgan fingerprint density at radius 1 is 1.50 bits per heavy atom. The number of amides is 1. The second kappa shape index (κ2) is 5.71. The molecule has 1 fully saturated rings. The molecule has 1 aliphatic heterocycles. The molecular formula is C15H22N2O3. The van der Waals surface area contributed by atoms with Gasteiger partial charge in [0.15, 0.2) is 0 Å². The first kappa shape index (κ1) is 14.7. The first-order valence-electron chi connectivity index (χ1n) is 6.79. The predicted octanol–water partition coefficient (Wildman–Crippen LogP) is 1.96. The number of hydrogen-bond acceptors (Lipinski definition) is 4. The molecule has 5 nitrogen and oxygen atoms in total. The molecule has 2 rings (SSSR count). The van der Waals surface area contributed by atoms with Crippen molar-refractivity contribution in [2.24, 2.45) is 0 Å². The molecule has 0 radical (unpaired) electrons. The van der Waals surface area contributed by atoms with E-state index in [1.807, 2.05) is 13.8 Å². The fourth-order valence-corrected chi connectivity index (χ4v) is 2.48. The largest absolute Gasteiger partial charge is 0.495 e. The van der Waals surface area contributed by atoms with Crippen LogP contribution in [0.4, 0.5) is 5.69 Å². The van der Waals surface area contributed by atoms with E-state index in [1.54, 1.807) is 18.2 Å². The molecule has 1 aromatic rings. The van der Waals surface area contributed by atoms with Crippen molar-refractivity contribution in [1.29, 1.82) is 0 Å². The van der Waals surface area contributed by atoms with Gasteiger partial charge in [-0.3, -0.25) is 4.79 Å². The third-order valence-electron chi connectivity index (χ3n) is 3.53. The molecule has 0 saturated carbocycles. The zero-order chi connectivity index (χ0) is 14.8. The molecule has 1 aromatic carbocycles. The maximum atomic E-state index is 12.3. The van der Waals surface area contributed by atoms with Crippen LogP contribution in [0.15, 0.2) is 18.2 Å². The first-order chi connectivity index (χ1) is 9.41. The summed E-state index contributed by atoms with van der Waals surface area (Å²) < 4.78 is 10.8. The Morgan fingerprint density at radius 3 is 2.90 bits per heavy atom. The van der Waals surface area contributed by atoms with Crippen LogP contribution in [0.3, 0.4) is 0 Å². The van der Waals surface area contributed by atoms with Gasteiger partial charge in [-0.05, 0) is 44.9 Å². The van der Waals surface area contributed by atoms with Gasteiger partial charge in [0.05, 0.1) is 18.4 Å². The SMILES string of the molecule is COc1cc(C(=O)NC2CCOC(C)(C)C2)ccc1N. The van der Waals surface area contributed by atoms with Crippen LogP contribution in [-0.2, 0) is 4.74 Å². The maximum absolute atomic E-state index is 12.3. The third kappa shape index (κ3) is 3.42. The lowest BCUT2D eigenvalue weighted by Gasteiger charge is -2.35. The molecule has 5 heteroatoms. The lowest BCUT2D eigenvalue weighted by molar-refractivity contribution is -0.0615. The first-order valence-corrected chi connectivity index (χ1v) is 6.79. The molecular weight excluding hydrogens is 256 g/mol. The number of carbonyl (C=O) groups is 1. The number of anilines is 1. The lowest BCUT2D eigenvalue weighted by Crippen LogP contribution is -2.45. The smallest absolute Gasteiger partial charge is 0.251 e. The standard InChI is InChI=1S/C15H22N2O3/c1-15(2)9-11(6-7-20-15)17-14(18)10-4-5-12(16)13(8-10)19-3/h4-5,8,11H,6-7,9,16H2,1-3H3,(H,17,18). The van der Waals surface area contributed by atoms with Gasteiger partial charge in [0.2, 0.25) is 0 Å². The van der Waals surface area contributed by atoms with Crippen LogP contribution in [0, 0.1) is 0 Å². The van der Waals surface area contributed by atoms with Crippen LogP contribution >= 0.6 is 0 Å². The average Bonchev–Trinajstić information content (AvgIpc) is 2.38. The van der Waals surface area contributed by atoms with E-state index in [1.165, 1.54) is 7.11 Å². The fourth-order valence-electron chi connectivity index (χ4n) is 2.48. The highest BCUT2D eigenvalue weighted by atomic mass is 16.5. The van der Waals surface area contributed by atoms with E-state index in [4.69, 9.17) is 15.2 Å². The predicted molar refractivity (Wildman–Crippen MR) is 77.9 cm³/mol. The van der Waals surface area contributed by atoms with Crippen LogP contribution in [0.5, 0.6) is 5.75 Å². The van der Waals surface area contributed by atoms with Gasteiger partial charge < -0.3 is 20.5 Å². The molecule has 1 saturated heterocycles. The number of rotatable bonds is 3. The van der Waals surface area contributed by atoms with Crippen molar-refractivity contribution in [2.45, 2.75) is 38.3 Å². The van der Waals surface area contributed by atoms with Gasteiger partial charge >= 0.3 is 0 Å². The van der Waals surface area contributed by atoms with E-state index in [2.05, 4.69) is 5.32 Å². The van der Waals surface area contributed by atoms with E-state index in [-0.39, 0.29) is 17.6 Å². The van der Waals surface area contributed by atoms with Crippen LogP contribution in [0.25, 0.3) is 0 Å². The van der Waals surface area contributed by atoms with Gasteiger partial charge in [0.25, 0.3) is 5.91 Å². The summed E-state index contributed by atoms with van der Waals surface area (Å²) >= 11 is 0. The minimum absolute atomic E-state index is 0.106. The molecule has 0 aromatic heterocycles. The minimum atomic E-state index is -0.186. The minimum Gasteiger partial charge on any atom is -0.495 e. The number of carbonyl (C=O) groups excluding carboxylic acids is 1. The van der Waals surface area contributed by atoms with Crippen LogP contribution in [-0.4, -0.2) is 31.3 Å². The summed E-state index contributed by atoms with van der Waals surface area (Å²) in [6, 6.07) is 5.18. The van der Waals surface area contributed by atoms with E-state index in [0.717, 1.165) is 12.8 Å². The van der Waals surface area contributed by atoms with Gasteiger partial charge in [0.1, 0.15) is 5.75 Å². The van der Waals surface area contributed by atoms with Crippen molar-refractivity contribution in [3.05, 3.63) is 23.8 Å². The van der Waals surface area contributed by atoms with Crippen LogP contribution in [0.1, 0.15) is 37.0 Å². The van der Waals surface area contributed by atoms with Crippen molar-refractivity contribution in [3.8, 4) is 5.75 Å². The molecule has 1 aliphatic rings. The molecule has 1 heterocycles. The van der Waals surface area contributed by atoms with Gasteiger partial charge in [-0.2, -0.15) is 0 Å². The zero-order valence-corrected chi connectivity index (χ0v) is 12.2. The van der Waals surface area contributed by atoms with E-state index in [0.29, 0.717) is 23.6 Å². The lowest BCUT2D eigenvalue weighted by atomic mass is 9.94. The van der Waals surface area contributed by atoms with Gasteiger partial charge in [-0.25, -0.2) is 0 Å². The van der Waals surface area contributed by atoms with E-state index < -0.39 is 0 Å². The Labute approximate surface area is 119 Å². The van der Waals surface area contributed by atoms with Crippen molar-refractivity contribution in [3.63, 3.8) is 0 Å². The molecule has 1 unspecified atom stereocenters. The van der Waals surface area contributed by atoms with Gasteiger partial charge in [-0.15, -0.1) is 0 Å². The maximum Gasteiger partial charge on any atom is 0.251 e.